The van der Waals surface area contributed by atoms with Crippen molar-refractivity contribution in [3.63, 3.8) is 0 Å². The highest BCUT2D eigenvalue weighted by atomic mass is 35.5. The third kappa shape index (κ3) is 3.43. The lowest BCUT2D eigenvalue weighted by Crippen LogP contribution is -2.04. The first-order valence-corrected chi connectivity index (χ1v) is 6.07. The summed E-state index contributed by atoms with van der Waals surface area (Å²) in [5.41, 5.74) is -0.535. The Balaban J connectivity index is 2.21. The van der Waals surface area contributed by atoms with Crippen LogP contribution in [0.3, 0.4) is 0 Å². The molecule has 8 heteroatoms. The van der Waals surface area contributed by atoms with Gasteiger partial charge in [-0.1, -0.05) is 17.7 Å². The summed E-state index contributed by atoms with van der Waals surface area (Å²) in [5.74, 6) is -2.82. The highest BCUT2D eigenvalue weighted by Gasteiger charge is 2.18. The van der Waals surface area contributed by atoms with Gasteiger partial charge >= 0.3 is 5.69 Å². The van der Waals surface area contributed by atoms with Gasteiger partial charge in [0.15, 0.2) is 0 Å². The van der Waals surface area contributed by atoms with Gasteiger partial charge in [0.1, 0.15) is 11.6 Å². The smallest absolute Gasteiger partial charge is 0.307 e. The van der Waals surface area contributed by atoms with Gasteiger partial charge in [-0.15, -0.1) is 0 Å². The average molecular weight is 317 g/mol. The van der Waals surface area contributed by atoms with E-state index >= 15 is 0 Å². The number of nitrogens with one attached hydrogen (secondary N) is 1. The predicted molar refractivity (Wildman–Crippen MR) is 71.7 cm³/mol. The van der Waals surface area contributed by atoms with Crippen molar-refractivity contribution in [3.05, 3.63) is 68.5 Å². The average Bonchev–Trinajstić information content (AvgIpc) is 2.41. The second-order valence-corrected chi connectivity index (χ2v) is 4.55. The standard InChI is InChI=1S/C13H8ClF3N2O2/c14-8-3-7(1-2-9(8)15)6-18-12-5-13(19(20)21)11(17)4-10(12)16/h1-5,18H,6H2. The van der Waals surface area contributed by atoms with E-state index in [2.05, 4.69) is 5.32 Å². The number of nitro groups is 1. The maximum atomic E-state index is 13.5. The van der Waals surface area contributed by atoms with E-state index in [-0.39, 0.29) is 17.3 Å². The van der Waals surface area contributed by atoms with Crippen molar-refractivity contribution < 1.29 is 18.1 Å². The van der Waals surface area contributed by atoms with Crippen LogP contribution in [-0.2, 0) is 6.54 Å². The Kier molecular flexibility index (Phi) is 4.32. The molecular formula is C13H8ClF3N2O2. The van der Waals surface area contributed by atoms with Crippen molar-refractivity contribution in [1.29, 1.82) is 0 Å². The van der Waals surface area contributed by atoms with E-state index in [0.29, 0.717) is 11.6 Å². The molecule has 0 fully saturated rings. The zero-order chi connectivity index (χ0) is 15.6. The van der Waals surface area contributed by atoms with Gasteiger partial charge in [-0.25, -0.2) is 8.78 Å². The summed E-state index contributed by atoms with van der Waals surface area (Å²) < 4.78 is 39.7. The number of nitro benzene ring substituents is 1. The molecule has 0 aliphatic heterocycles. The molecule has 0 radical (unpaired) electrons. The number of nitrogens with zero attached hydrogens (tertiary/aromatic N) is 1. The highest BCUT2D eigenvalue weighted by molar-refractivity contribution is 6.30. The summed E-state index contributed by atoms with van der Waals surface area (Å²) in [6, 6.07) is 5.08. The van der Waals surface area contributed by atoms with E-state index in [9.17, 15) is 23.3 Å². The molecule has 2 aromatic carbocycles. The number of hydrogen-bond donors (Lipinski definition) is 1. The Morgan fingerprint density at radius 3 is 2.43 bits per heavy atom. The Labute approximate surface area is 122 Å². The zero-order valence-electron chi connectivity index (χ0n) is 10.4. The summed E-state index contributed by atoms with van der Waals surface area (Å²) in [4.78, 5) is 9.65. The van der Waals surface area contributed by atoms with Crippen molar-refractivity contribution in [1.82, 2.24) is 0 Å². The van der Waals surface area contributed by atoms with Gasteiger partial charge in [-0.05, 0) is 17.7 Å². The van der Waals surface area contributed by atoms with Crippen LogP contribution >= 0.6 is 11.6 Å². The molecule has 2 rings (SSSR count). The normalized spacial score (nSPS) is 10.5. The molecule has 0 bridgehead atoms. The summed E-state index contributed by atoms with van der Waals surface area (Å²) in [6.45, 7) is 0.0414. The van der Waals surface area contributed by atoms with Crippen LogP contribution in [0.15, 0.2) is 30.3 Å². The van der Waals surface area contributed by atoms with Crippen molar-refractivity contribution in [2.75, 3.05) is 5.32 Å². The van der Waals surface area contributed by atoms with Crippen molar-refractivity contribution in [2.24, 2.45) is 0 Å². The molecule has 0 saturated heterocycles. The molecular weight excluding hydrogens is 309 g/mol. The van der Waals surface area contributed by atoms with E-state index < -0.39 is 28.1 Å². The molecule has 4 nitrogen and oxygen atoms in total. The quantitative estimate of drug-likeness (QED) is 0.676. The van der Waals surface area contributed by atoms with E-state index in [1.165, 1.54) is 12.1 Å². The SMILES string of the molecule is O=[N+]([O-])c1cc(NCc2ccc(F)c(Cl)c2)c(F)cc1F. The number of hydrogen-bond acceptors (Lipinski definition) is 3. The highest BCUT2D eigenvalue weighted by Crippen LogP contribution is 2.26. The lowest BCUT2D eigenvalue weighted by molar-refractivity contribution is -0.387. The van der Waals surface area contributed by atoms with Gasteiger partial charge in [0.2, 0.25) is 5.82 Å². The van der Waals surface area contributed by atoms with Crippen LogP contribution in [0.25, 0.3) is 0 Å². The molecule has 0 spiro atoms. The molecule has 2 aromatic rings. The number of benzene rings is 2. The fourth-order valence-electron chi connectivity index (χ4n) is 1.66. The van der Waals surface area contributed by atoms with Gasteiger partial charge in [0.05, 0.1) is 15.6 Å². The molecule has 0 atom stereocenters. The number of rotatable bonds is 4. The molecule has 0 saturated carbocycles. The largest absolute Gasteiger partial charge is 0.378 e. The van der Waals surface area contributed by atoms with Crippen LogP contribution in [0, 0.1) is 27.6 Å². The van der Waals surface area contributed by atoms with E-state index in [4.69, 9.17) is 11.6 Å². The summed E-state index contributed by atoms with van der Waals surface area (Å²) in [5, 5.41) is 13.1. The summed E-state index contributed by atoms with van der Waals surface area (Å²) in [6.07, 6.45) is 0. The van der Waals surface area contributed by atoms with E-state index in [1.54, 1.807) is 0 Å². The van der Waals surface area contributed by atoms with Crippen LogP contribution in [0.2, 0.25) is 5.02 Å². The van der Waals surface area contributed by atoms with Crippen molar-refractivity contribution >= 4 is 23.0 Å². The Morgan fingerprint density at radius 1 is 1.10 bits per heavy atom. The van der Waals surface area contributed by atoms with Crippen LogP contribution in [0.5, 0.6) is 0 Å². The zero-order valence-corrected chi connectivity index (χ0v) is 11.1. The molecule has 0 heterocycles. The number of anilines is 1. The van der Waals surface area contributed by atoms with Gasteiger partial charge in [-0.3, -0.25) is 10.1 Å². The molecule has 0 amide bonds. The second kappa shape index (κ2) is 6.01. The van der Waals surface area contributed by atoms with Crippen LogP contribution < -0.4 is 5.32 Å². The maximum absolute atomic E-state index is 13.5. The molecule has 0 aliphatic rings. The van der Waals surface area contributed by atoms with Gasteiger partial charge in [-0.2, -0.15) is 4.39 Å². The summed E-state index contributed by atoms with van der Waals surface area (Å²) in [7, 11) is 0. The Morgan fingerprint density at radius 2 is 1.81 bits per heavy atom. The third-order valence-corrected chi connectivity index (χ3v) is 2.99. The minimum atomic E-state index is -1.26. The predicted octanol–water partition coefficient (Wildman–Crippen LogP) is 4.28. The first kappa shape index (κ1) is 15.1. The topological polar surface area (TPSA) is 55.2 Å². The third-order valence-electron chi connectivity index (χ3n) is 2.70. The fraction of sp³-hybridized carbons (Fsp3) is 0.0769. The molecule has 1 N–H and O–H groups in total. The summed E-state index contributed by atoms with van der Waals surface area (Å²) >= 11 is 5.60. The second-order valence-electron chi connectivity index (χ2n) is 4.14. The monoisotopic (exact) mass is 316 g/mol. The maximum Gasteiger partial charge on any atom is 0.307 e. The van der Waals surface area contributed by atoms with Gasteiger partial charge in [0.25, 0.3) is 0 Å². The van der Waals surface area contributed by atoms with Crippen molar-refractivity contribution in [2.45, 2.75) is 6.54 Å². The Bertz CT molecular complexity index is 710. The van der Waals surface area contributed by atoms with Gasteiger partial charge < -0.3 is 5.32 Å². The molecule has 0 aliphatic carbocycles. The molecule has 110 valence electrons. The molecule has 0 unspecified atom stereocenters. The fourth-order valence-corrected chi connectivity index (χ4v) is 1.86. The first-order valence-electron chi connectivity index (χ1n) is 5.69. The van der Waals surface area contributed by atoms with Gasteiger partial charge in [0, 0.05) is 18.7 Å². The van der Waals surface area contributed by atoms with Crippen LogP contribution in [0.4, 0.5) is 24.5 Å². The first-order chi connectivity index (χ1) is 9.88. The van der Waals surface area contributed by atoms with Crippen LogP contribution in [0.1, 0.15) is 5.56 Å². The minimum Gasteiger partial charge on any atom is -0.378 e. The van der Waals surface area contributed by atoms with E-state index in [1.807, 2.05) is 0 Å². The lowest BCUT2D eigenvalue weighted by Gasteiger charge is -2.08. The lowest BCUT2D eigenvalue weighted by atomic mass is 10.2. The van der Waals surface area contributed by atoms with Crippen LogP contribution in [-0.4, -0.2) is 4.92 Å². The molecule has 0 aromatic heterocycles. The molecule has 21 heavy (non-hydrogen) atoms. The minimum absolute atomic E-state index is 0.0414. The number of halogens is 4. The van der Waals surface area contributed by atoms with Crippen molar-refractivity contribution in [3.8, 4) is 0 Å². The Hall–Kier alpha value is -2.28. The van der Waals surface area contributed by atoms with E-state index in [0.717, 1.165) is 12.1 Å².